The molecule has 6 nitrogen and oxygen atoms in total. The summed E-state index contributed by atoms with van der Waals surface area (Å²) < 4.78 is 10.1. The molecular weight excluding hydrogens is 296 g/mol. The Bertz CT molecular complexity index is 782. The lowest BCUT2D eigenvalue weighted by Gasteiger charge is -2.04. The zero-order chi connectivity index (χ0) is 16.1. The number of hydrogen-bond donors (Lipinski definition) is 2. The van der Waals surface area contributed by atoms with Crippen LogP contribution in [-0.4, -0.2) is 16.4 Å². The van der Waals surface area contributed by atoms with Gasteiger partial charge in [0, 0.05) is 11.6 Å². The van der Waals surface area contributed by atoms with Gasteiger partial charge >= 0.3 is 6.09 Å². The summed E-state index contributed by atoms with van der Waals surface area (Å²) >= 11 is 0. The maximum absolute atomic E-state index is 11.7. The number of rotatable bonds is 4. The first-order valence-electron chi connectivity index (χ1n) is 6.94. The molecule has 0 aliphatic rings. The van der Waals surface area contributed by atoms with Gasteiger partial charge in [0.2, 0.25) is 5.88 Å². The van der Waals surface area contributed by atoms with Gasteiger partial charge in [-0.05, 0) is 29.8 Å². The van der Waals surface area contributed by atoms with Crippen LogP contribution in [0.4, 0.5) is 10.7 Å². The third-order valence-electron chi connectivity index (χ3n) is 3.11. The van der Waals surface area contributed by atoms with Crippen LogP contribution in [0.5, 0.6) is 5.75 Å². The average molecular weight is 310 g/mol. The smallest absolute Gasteiger partial charge is 0.414 e. The van der Waals surface area contributed by atoms with Crippen LogP contribution in [0.3, 0.4) is 0 Å². The normalized spacial score (nSPS) is 10.3. The monoisotopic (exact) mass is 310 g/mol. The largest absolute Gasteiger partial charge is 0.508 e. The molecule has 2 N–H and O–H groups in total. The molecule has 1 aromatic heterocycles. The number of phenolic OH excluding ortho intramolecular Hbond substituents is 1. The number of aromatic nitrogens is 1. The van der Waals surface area contributed by atoms with Gasteiger partial charge in [0.05, 0.1) is 0 Å². The second-order valence-corrected chi connectivity index (χ2v) is 4.81. The highest BCUT2D eigenvalue weighted by Gasteiger charge is 2.10. The molecule has 1 amide bonds. The van der Waals surface area contributed by atoms with Crippen molar-refractivity contribution in [2.75, 3.05) is 5.32 Å². The van der Waals surface area contributed by atoms with Gasteiger partial charge in [0.25, 0.3) is 0 Å². The molecule has 0 fully saturated rings. The Morgan fingerprint density at radius 3 is 2.61 bits per heavy atom. The Morgan fingerprint density at radius 1 is 1.13 bits per heavy atom. The molecule has 2 aromatic carbocycles. The van der Waals surface area contributed by atoms with E-state index in [4.69, 9.17) is 9.26 Å². The topological polar surface area (TPSA) is 84.6 Å². The number of nitrogens with one attached hydrogen (secondary N) is 1. The van der Waals surface area contributed by atoms with Crippen LogP contribution >= 0.6 is 0 Å². The molecule has 0 atom stereocenters. The summed E-state index contributed by atoms with van der Waals surface area (Å²) in [5.74, 6) is 0.353. The van der Waals surface area contributed by atoms with Crippen molar-refractivity contribution >= 4 is 12.0 Å². The van der Waals surface area contributed by atoms with Crippen LogP contribution in [0.2, 0.25) is 0 Å². The van der Waals surface area contributed by atoms with E-state index in [1.54, 1.807) is 30.3 Å². The fourth-order valence-corrected chi connectivity index (χ4v) is 1.96. The Labute approximate surface area is 132 Å². The minimum Gasteiger partial charge on any atom is -0.508 e. The second-order valence-electron chi connectivity index (χ2n) is 4.81. The lowest BCUT2D eigenvalue weighted by Crippen LogP contribution is -2.12. The van der Waals surface area contributed by atoms with Crippen LogP contribution < -0.4 is 5.32 Å². The second kappa shape index (κ2) is 6.65. The zero-order valence-corrected chi connectivity index (χ0v) is 12.1. The lowest BCUT2D eigenvalue weighted by atomic mass is 10.1. The highest BCUT2D eigenvalue weighted by atomic mass is 16.6. The summed E-state index contributed by atoms with van der Waals surface area (Å²) in [6.07, 6.45) is -0.623. The summed E-state index contributed by atoms with van der Waals surface area (Å²) in [6, 6.07) is 17.4. The number of hydrogen-bond acceptors (Lipinski definition) is 5. The van der Waals surface area contributed by atoms with E-state index in [0.717, 1.165) is 11.1 Å². The van der Waals surface area contributed by atoms with Gasteiger partial charge in [-0.2, -0.15) is 0 Å². The fourth-order valence-electron chi connectivity index (χ4n) is 1.96. The zero-order valence-electron chi connectivity index (χ0n) is 12.1. The van der Waals surface area contributed by atoms with Crippen molar-refractivity contribution in [1.29, 1.82) is 0 Å². The summed E-state index contributed by atoms with van der Waals surface area (Å²) in [5, 5.41) is 15.6. The molecule has 0 radical (unpaired) electrons. The van der Waals surface area contributed by atoms with Gasteiger partial charge < -0.3 is 14.4 Å². The number of phenols is 1. The standard InChI is InChI=1S/C17H14N2O4/c20-14-8-6-13(7-9-14)15-10-16(23-19-15)18-17(21)22-11-12-4-2-1-3-5-12/h1-10,20H,11H2,(H,18,21). The van der Waals surface area contributed by atoms with Crippen molar-refractivity contribution < 1.29 is 19.2 Å². The highest BCUT2D eigenvalue weighted by molar-refractivity contribution is 5.83. The van der Waals surface area contributed by atoms with E-state index in [1.807, 2.05) is 30.3 Å². The molecule has 23 heavy (non-hydrogen) atoms. The molecule has 3 rings (SSSR count). The summed E-state index contributed by atoms with van der Waals surface area (Å²) in [4.78, 5) is 11.7. The molecule has 0 saturated carbocycles. The quantitative estimate of drug-likeness (QED) is 0.765. The molecule has 1 heterocycles. The Hall–Kier alpha value is -3.28. The van der Waals surface area contributed by atoms with Crippen LogP contribution in [0.1, 0.15) is 5.56 Å². The number of ether oxygens (including phenoxy) is 1. The van der Waals surface area contributed by atoms with Crippen molar-refractivity contribution in [3.05, 3.63) is 66.2 Å². The van der Waals surface area contributed by atoms with Gasteiger partial charge in [-0.3, -0.25) is 5.32 Å². The molecule has 0 unspecified atom stereocenters. The SMILES string of the molecule is O=C(Nc1cc(-c2ccc(O)cc2)no1)OCc1ccccc1. The Balaban J connectivity index is 1.58. The van der Waals surface area contributed by atoms with Gasteiger partial charge in [-0.15, -0.1) is 0 Å². The summed E-state index contributed by atoms with van der Waals surface area (Å²) in [7, 11) is 0. The van der Waals surface area contributed by atoms with E-state index in [0.29, 0.717) is 5.69 Å². The van der Waals surface area contributed by atoms with Crippen molar-refractivity contribution in [2.24, 2.45) is 0 Å². The summed E-state index contributed by atoms with van der Waals surface area (Å²) in [5.41, 5.74) is 2.20. The number of aromatic hydroxyl groups is 1. The Morgan fingerprint density at radius 2 is 1.87 bits per heavy atom. The lowest BCUT2D eigenvalue weighted by molar-refractivity contribution is 0.154. The van der Waals surface area contributed by atoms with Crippen molar-refractivity contribution in [1.82, 2.24) is 5.16 Å². The van der Waals surface area contributed by atoms with E-state index < -0.39 is 6.09 Å². The molecule has 3 aromatic rings. The number of nitrogens with zero attached hydrogens (tertiary/aromatic N) is 1. The maximum Gasteiger partial charge on any atom is 0.414 e. The van der Waals surface area contributed by atoms with E-state index in [1.165, 1.54) is 0 Å². The van der Waals surface area contributed by atoms with E-state index in [9.17, 15) is 9.90 Å². The van der Waals surface area contributed by atoms with Gasteiger partial charge in [-0.1, -0.05) is 35.5 Å². The predicted molar refractivity (Wildman–Crippen MR) is 83.9 cm³/mol. The molecule has 6 heteroatoms. The van der Waals surface area contributed by atoms with Crippen molar-refractivity contribution in [3.63, 3.8) is 0 Å². The van der Waals surface area contributed by atoms with E-state index >= 15 is 0 Å². The fraction of sp³-hybridized carbons (Fsp3) is 0.0588. The predicted octanol–water partition coefficient (Wildman–Crippen LogP) is 3.80. The molecule has 0 bridgehead atoms. The van der Waals surface area contributed by atoms with E-state index in [2.05, 4.69) is 10.5 Å². The number of carbonyl (C=O) groups excluding carboxylic acids is 1. The first-order valence-corrected chi connectivity index (χ1v) is 6.94. The minimum atomic E-state index is -0.623. The molecular formula is C17H14N2O4. The molecule has 0 saturated heterocycles. The number of anilines is 1. The molecule has 0 spiro atoms. The van der Waals surface area contributed by atoms with Crippen LogP contribution in [0, 0.1) is 0 Å². The Kier molecular flexibility index (Phi) is 4.24. The van der Waals surface area contributed by atoms with Crippen LogP contribution in [0.15, 0.2) is 65.2 Å². The molecule has 0 aliphatic heterocycles. The molecule has 0 aliphatic carbocycles. The van der Waals surface area contributed by atoms with Crippen LogP contribution in [0.25, 0.3) is 11.3 Å². The first-order chi connectivity index (χ1) is 11.2. The third kappa shape index (κ3) is 3.88. The highest BCUT2D eigenvalue weighted by Crippen LogP contribution is 2.23. The number of benzene rings is 2. The van der Waals surface area contributed by atoms with Crippen molar-refractivity contribution in [2.45, 2.75) is 6.61 Å². The average Bonchev–Trinajstić information content (AvgIpc) is 3.03. The number of carbonyl (C=O) groups is 1. The third-order valence-corrected chi connectivity index (χ3v) is 3.11. The van der Waals surface area contributed by atoms with E-state index in [-0.39, 0.29) is 18.2 Å². The van der Waals surface area contributed by atoms with Crippen LogP contribution in [-0.2, 0) is 11.3 Å². The number of amides is 1. The maximum atomic E-state index is 11.7. The molecule has 116 valence electrons. The van der Waals surface area contributed by atoms with Gasteiger partial charge in [-0.25, -0.2) is 4.79 Å². The minimum absolute atomic E-state index is 0.167. The van der Waals surface area contributed by atoms with Gasteiger partial charge in [0.1, 0.15) is 18.1 Å². The summed E-state index contributed by atoms with van der Waals surface area (Å²) in [6.45, 7) is 0.172. The van der Waals surface area contributed by atoms with Crippen molar-refractivity contribution in [3.8, 4) is 17.0 Å². The van der Waals surface area contributed by atoms with Gasteiger partial charge in [0.15, 0.2) is 0 Å². The first kappa shape index (κ1) is 14.6.